The lowest BCUT2D eigenvalue weighted by Gasteiger charge is -2.18. The van der Waals surface area contributed by atoms with Crippen LogP contribution in [0.2, 0.25) is 0 Å². The lowest BCUT2D eigenvalue weighted by molar-refractivity contribution is 0.549. The lowest BCUT2D eigenvalue weighted by atomic mass is 10.00. The predicted molar refractivity (Wildman–Crippen MR) is 83.3 cm³/mol. The predicted octanol–water partition coefficient (Wildman–Crippen LogP) is 4.71. The van der Waals surface area contributed by atoms with Crippen molar-refractivity contribution in [1.29, 1.82) is 0 Å². The van der Waals surface area contributed by atoms with Crippen LogP contribution < -0.4 is 5.32 Å². The van der Waals surface area contributed by atoms with Gasteiger partial charge in [0, 0.05) is 15.9 Å². The molecule has 0 bridgehead atoms. The number of nitrogens with one attached hydrogen (secondary N) is 1. The molecule has 1 aromatic heterocycles. The van der Waals surface area contributed by atoms with Gasteiger partial charge in [0.05, 0.1) is 0 Å². The molecule has 1 unspecified atom stereocenters. The van der Waals surface area contributed by atoms with Crippen LogP contribution in [-0.4, -0.2) is 6.54 Å². The number of hydrogen-bond acceptors (Lipinski definition) is 2. The molecule has 2 rings (SSSR count). The number of halogens is 1. The van der Waals surface area contributed by atoms with Crippen molar-refractivity contribution in [3.63, 3.8) is 0 Å². The zero-order chi connectivity index (χ0) is 13.0. The SMILES string of the molecule is CCNC(Cc1cccc(C)c1)c1cscc1Br. The van der Waals surface area contributed by atoms with Crippen LogP contribution in [0.3, 0.4) is 0 Å². The summed E-state index contributed by atoms with van der Waals surface area (Å²) >= 11 is 5.38. The Morgan fingerprint density at radius 1 is 1.33 bits per heavy atom. The van der Waals surface area contributed by atoms with Gasteiger partial charge in [0.15, 0.2) is 0 Å². The monoisotopic (exact) mass is 323 g/mol. The van der Waals surface area contributed by atoms with Gasteiger partial charge in [-0.25, -0.2) is 0 Å². The van der Waals surface area contributed by atoms with Crippen molar-refractivity contribution in [3.8, 4) is 0 Å². The summed E-state index contributed by atoms with van der Waals surface area (Å²) in [5.41, 5.74) is 4.08. The van der Waals surface area contributed by atoms with Gasteiger partial charge in [-0.1, -0.05) is 36.8 Å². The molecule has 1 atom stereocenters. The Morgan fingerprint density at radius 2 is 2.17 bits per heavy atom. The van der Waals surface area contributed by atoms with Crippen LogP contribution in [0.1, 0.15) is 29.7 Å². The summed E-state index contributed by atoms with van der Waals surface area (Å²) in [5, 5.41) is 7.95. The molecule has 0 radical (unpaired) electrons. The van der Waals surface area contributed by atoms with Crippen LogP contribution in [0, 0.1) is 6.92 Å². The van der Waals surface area contributed by atoms with E-state index in [0.717, 1.165) is 13.0 Å². The first-order valence-corrected chi connectivity index (χ1v) is 7.94. The third-order valence-corrected chi connectivity index (χ3v) is 4.74. The summed E-state index contributed by atoms with van der Waals surface area (Å²) in [5.74, 6) is 0. The van der Waals surface area contributed by atoms with E-state index >= 15 is 0 Å². The van der Waals surface area contributed by atoms with Crippen LogP contribution in [0.4, 0.5) is 0 Å². The first-order valence-electron chi connectivity index (χ1n) is 6.21. The highest BCUT2D eigenvalue weighted by Crippen LogP contribution is 2.29. The highest BCUT2D eigenvalue weighted by molar-refractivity contribution is 9.10. The lowest BCUT2D eigenvalue weighted by Crippen LogP contribution is -2.22. The Balaban J connectivity index is 2.19. The van der Waals surface area contributed by atoms with Crippen molar-refractivity contribution in [1.82, 2.24) is 5.32 Å². The maximum Gasteiger partial charge on any atom is 0.0380 e. The number of thiophene rings is 1. The van der Waals surface area contributed by atoms with Gasteiger partial charge in [0.2, 0.25) is 0 Å². The van der Waals surface area contributed by atoms with Crippen molar-refractivity contribution in [2.24, 2.45) is 0 Å². The number of hydrogen-bond donors (Lipinski definition) is 1. The van der Waals surface area contributed by atoms with Gasteiger partial charge in [-0.3, -0.25) is 0 Å². The summed E-state index contributed by atoms with van der Waals surface area (Å²) in [6.07, 6.45) is 1.03. The van der Waals surface area contributed by atoms with Crippen LogP contribution in [0.25, 0.3) is 0 Å². The topological polar surface area (TPSA) is 12.0 Å². The average molecular weight is 324 g/mol. The molecule has 0 fully saturated rings. The minimum absolute atomic E-state index is 0.387. The minimum Gasteiger partial charge on any atom is -0.310 e. The standard InChI is InChI=1S/C15H18BrNS/c1-3-17-15(13-9-18-10-14(13)16)8-12-6-4-5-11(2)7-12/h4-7,9-10,15,17H,3,8H2,1-2H3. The van der Waals surface area contributed by atoms with E-state index in [1.807, 2.05) is 0 Å². The molecule has 96 valence electrons. The number of likely N-dealkylation sites (N-methyl/N-ethyl adjacent to an activating group) is 1. The molecule has 0 spiro atoms. The van der Waals surface area contributed by atoms with Gasteiger partial charge < -0.3 is 5.32 Å². The van der Waals surface area contributed by atoms with Gasteiger partial charge in [-0.2, -0.15) is 11.3 Å². The van der Waals surface area contributed by atoms with E-state index in [9.17, 15) is 0 Å². The third kappa shape index (κ3) is 3.44. The van der Waals surface area contributed by atoms with Crippen molar-refractivity contribution >= 4 is 27.3 Å². The van der Waals surface area contributed by atoms with Gasteiger partial charge in [-0.15, -0.1) is 0 Å². The Morgan fingerprint density at radius 3 is 2.78 bits per heavy atom. The average Bonchev–Trinajstić information content (AvgIpc) is 2.75. The van der Waals surface area contributed by atoms with Gasteiger partial charge in [0.1, 0.15) is 0 Å². The molecule has 1 nitrogen and oxygen atoms in total. The van der Waals surface area contributed by atoms with E-state index in [1.165, 1.54) is 21.2 Å². The summed E-state index contributed by atoms with van der Waals surface area (Å²) in [6, 6.07) is 9.14. The zero-order valence-corrected chi connectivity index (χ0v) is 13.1. The van der Waals surface area contributed by atoms with Gasteiger partial charge >= 0.3 is 0 Å². The Kier molecular flexibility index (Phi) is 4.98. The molecule has 18 heavy (non-hydrogen) atoms. The Hall–Kier alpha value is -0.640. The third-order valence-electron chi connectivity index (χ3n) is 2.99. The molecular formula is C15H18BrNS. The molecule has 2 aromatic rings. The number of aryl methyl sites for hydroxylation is 1. The van der Waals surface area contributed by atoms with Crippen molar-refractivity contribution in [3.05, 3.63) is 56.2 Å². The van der Waals surface area contributed by atoms with Crippen LogP contribution in [0.15, 0.2) is 39.5 Å². The Bertz CT molecular complexity index is 507. The summed E-state index contributed by atoms with van der Waals surface area (Å²) in [4.78, 5) is 0. The fourth-order valence-electron chi connectivity index (χ4n) is 2.15. The highest BCUT2D eigenvalue weighted by atomic mass is 79.9. The molecule has 3 heteroatoms. The molecule has 0 saturated heterocycles. The molecule has 0 aliphatic heterocycles. The maximum absolute atomic E-state index is 3.64. The second-order valence-electron chi connectivity index (χ2n) is 4.48. The quantitative estimate of drug-likeness (QED) is 0.840. The van der Waals surface area contributed by atoms with Crippen LogP contribution in [-0.2, 0) is 6.42 Å². The molecule has 0 saturated carbocycles. The molecule has 0 aliphatic rings. The van der Waals surface area contributed by atoms with Crippen molar-refractivity contribution < 1.29 is 0 Å². The van der Waals surface area contributed by atoms with E-state index in [-0.39, 0.29) is 0 Å². The fraction of sp³-hybridized carbons (Fsp3) is 0.333. The molecular weight excluding hydrogens is 306 g/mol. The summed E-state index contributed by atoms with van der Waals surface area (Å²) in [6.45, 7) is 5.29. The largest absolute Gasteiger partial charge is 0.310 e. The van der Waals surface area contributed by atoms with Gasteiger partial charge in [0.25, 0.3) is 0 Å². The molecule has 1 aromatic carbocycles. The van der Waals surface area contributed by atoms with Crippen molar-refractivity contribution in [2.45, 2.75) is 26.3 Å². The van der Waals surface area contributed by atoms with E-state index in [0.29, 0.717) is 6.04 Å². The molecule has 0 aliphatic carbocycles. The first kappa shape index (κ1) is 13.8. The van der Waals surface area contributed by atoms with Crippen LogP contribution in [0.5, 0.6) is 0 Å². The molecule has 0 amide bonds. The molecule has 1 N–H and O–H groups in total. The fourth-order valence-corrected chi connectivity index (χ4v) is 3.78. The summed E-state index contributed by atoms with van der Waals surface area (Å²) in [7, 11) is 0. The minimum atomic E-state index is 0.387. The van der Waals surface area contributed by atoms with E-state index in [1.54, 1.807) is 11.3 Å². The maximum atomic E-state index is 3.64. The van der Waals surface area contributed by atoms with E-state index < -0.39 is 0 Å². The zero-order valence-electron chi connectivity index (χ0n) is 10.7. The first-order chi connectivity index (χ1) is 8.70. The molecule has 1 heterocycles. The Labute approximate surface area is 121 Å². The van der Waals surface area contributed by atoms with Crippen molar-refractivity contribution in [2.75, 3.05) is 6.54 Å². The van der Waals surface area contributed by atoms with E-state index in [4.69, 9.17) is 0 Å². The van der Waals surface area contributed by atoms with Gasteiger partial charge in [-0.05, 0) is 52.3 Å². The smallest absolute Gasteiger partial charge is 0.0380 e. The number of benzene rings is 1. The number of rotatable bonds is 5. The van der Waals surface area contributed by atoms with Crippen LogP contribution >= 0.6 is 27.3 Å². The highest BCUT2D eigenvalue weighted by Gasteiger charge is 2.14. The summed E-state index contributed by atoms with van der Waals surface area (Å²) < 4.78 is 1.21. The normalized spacial score (nSPS) is 12.6. The second kappa shape index (κ2) is 6.50. The second-order valence-corrected chi connectivity index (χ2v) is 6.08. The van der Waals surface area contributed by atoms with E-state index in [2.05, 4.69) is 70.1 Å².